The van der Waals surface area contributed by atoms with Crippen LogP contribution in [0, 0.1) is 0 Å². The highest BCUT2D eigenvalue weighted by Gasteiger charge is 2.15. The Labute approximate surface area is 130 Å². The number of aromatic nitrogens is 4. The molecule has 0 unspecified atom stereocenters. The van der Waals surface area contributed by atoms with Crippen molar-refractivity contribution in [2.75, 3.05) is 7.11 Å². The molecular weight excluding hydrogens is 280 g/mol. The van der Waals surface area contributed by atoms with Crippen molar-refractivity contribution in [3.05, 3.63) is 40.3 Å². The fraction of sp³-hybridized carbons (Fsp3) is 0.500. The van der Waals surface area contributed by atoms with Crippen LogP contribution in [0.2, 0.25) is 0 Å². The van der Waals surface area contributed by atoms with E-state index in [1.165, 1.54) is 4.57 Å². The third-order valence-corrected chi connectivity index (χ3v) is 3.35. The van der Waals surface area contributed by atoms with Gasteiger partial charge >= 0.3 is 0 Å². The summed E-state index contributed by atoms with van der Waals surface area (Å²) in [6, 6.07) is 1.58. The first-order chi connectivity index (χ1) is 10.6. The Morgan fingerprint density at radius 2 is 1.95 bits per heavy atom. The number of methoxy groups -OCH3 is 1. The molecule has 2 rings (SSSR count). The molecule has 0 spiro atoms. The van der Waals surface area contributed by atoms with Crippen molar-refractivity contribution in [2.45, 2.75) is 46.0 Å². The molecule has 0 saturated carbocycles. The van der Waals surface area contributed by atoms with E-state index in [0.717, 1.165) is 25.0 Å². The Kier molecular flexibility index (Phi) is 5.25. The molecule has 118 valence electrons. The summed E-state index contributed by atoms with van der Waals surface area (Å²) < 4.78 is 6.52. The number of rotatable bonds is 6. The van der Waals surface area contributed by atoms with E-state index in [9.17, 15) is 4.79 Å². The van der Waals surface area contributed by atoms with Gasteiger partial charge < -0.3 is 4.74 Å². The van der Waals surface area contributed by atoms with E-state index >= 15 is 0 Å². The van der Waals surface area contributed by atoms with Crippen molar-refractivity contribution in [1.29, 1.82) is 0 Å². The van der Waals surface area contributed by atoms with Gasteiger partial charge in [-0.1, -0.05) is 27.2 Å². The van der Waals surface area contributed by atoms with E-state index in [4.69, 9.17) is 4.74 Å². The van der Waals surface area contributed by atoms with Crippen LogP contribution in [-0.4, -0.2) is 26.6 Å². The maximum Gasteiger partial charge on any atom is 0.260 e. The molecule has 0 atom stereocenters. The lowest BCUT2D eigenvalue weighted by atomic mass is 10.1. The first-order valence-corrected chi connectivity index (χ1v) is 7.56. The van der Waals surface area contributed by atoms with Crippen molar-refractivity contribution in [3.63, 3.8) is 0 Å². The molecule has 2 aromatic rings. The highest BCUT2D eigenvalue weighted by Crippen LogP contribution is 2.15. The van der Waals surface area contributed by atoms with Crippen LogP contribution in [-0.2, 0) is 6.42 Å². The second-order valence-corrected chi connectivity index (χ2v) is 5.46. The van der Waals surface area contributed by atoms with Gasteiger partial charge in [-0.3, -0.25) is 4.79 Å². The second-order valence-electron chi connectivity index (χ2n) is 5.46. The third kappa shape index (κ3) is 3.50. The maximum absolute atomic E-state index is 12.5. The Morgan fingerprint density at radius 3 is 2.50 bits per heavy atom. The molecule has 6 nitrogen and oxygen atoms in total. The second kappa shape index (κ2) is 7.15. The summed E-state index contributed by atoms with van der Waals surface area (Å²) >= 11 is 0. The first-order valence-electron chi connectivity index (χ1n) is 7.56. The molecule has 0 bridgehead atoms. The predicted molar refractivity (Wildman–Crippen MR) is 84.7 cm³/mol. The Balaban J connectivity index is 2.51. The van der Waals surface area contributed by atoms with Gasteiger partial charge in [0, 0.05) is 17.7 Å². The van der Waals surface area contributed by atoms with E-state index in [1.54, 1.807) is 25.6 Å². The van der Waals surface area contributed by atoms with Gasteiger partial charge in [0.15, 0.2) is 5.75 Å². The summed E-state index contributed by atoms with van der Waals surface area (Å²) in [5.74, 6) is 1.66. The minimum atomic E-state index is -0.144. The van der Waals surface area contributed by atoms with Gasteiger partial charge in [-0.2, -0.15) is 0 Å². The van der Waals surface area contributed by atoms with Crippen molar-refractivity contribution in [3.8, 4) is 11.7 Å². The van der Waals surface area contributed by atoms with Crippen molar-refractivity contribution in [1.82, 2.24) is 19.5 Å². The number of hydrogen-bond donors (Lipinski definition) is 0. The Bertz CT molecular complexity index is 678. The van der Waals surface area contributed by atoms with Crippen molar-refractivity contribution >= 4 is 0 Å². The van der Waals surface area contributed by atoms with Gasteiger partial charge in [0.25, 0.3) is 5.56 Å². The summed E-state index contributed by atoms with van der Waals surface area (Å²) in [5.41, 5.74) is 0.690. The van der Waals surface area contributed by atoms with E-state index in [0.29, 0.717) is 17.5 Å². The molecule has 2 aromatic heterocycles. The van der Waals surface area contributed by atoms with Gasteiger partial charge in [0.2, 0.25) is 5.95 Å². The molecule has 0 aromatic carbocycles. The fourth-order valence-electron chi connectivity index (χ4n) is 2.15. The monoisotopic (exact) mass is 302 g/mol. The molecule has 0 saturated heterocycles. The number of ether oxygens (including phenoxy) is 1. The third-order valence-electron chi connectivity index (χ3n) is 3.35. The van der Waals surface area contributed by atoms with Crippen LogP contribution in [0.3, 0.4) is 0 Å². The minimum Gasteiger partial charge on any atom is -0.494 e. The average Bonchev–Trinajstić information content (AvgIpc) is 2.52. The lowest BCUT2D eigenvalue weighted by molar-refractivity contribution is 0.410. The number of hydrogen-bond acceptors (Lipinski definition) is 5. The van der Waals surface area contributed by atoms with E-state index in [2.05, 4.69) is 21.9 Å². The topological polar surface area (TPSA) is 69.9 Å². The van der Waals surface area contributed by atoms with Gasteiger partial charge in [-0.15, -0.1) is 0 Å². The van der Waals surface area contributed by atoms with Crippen LogP contribution in [0.25, 0.3) is 5.95 Å². The first kappa shape index (κ1) is 16.1. The van der Waals surface area contributed by atoms with Crippen LogP contribution < -0.4 is 10.3 Å². The van der Waals surface area contributed by atoms with Crippen molar-refractivity contribution in [2.24, 2.45) is 0 Å². The Hall–Kier alpha value is -2.24. The molecule has 0 radical (unpaired) electrons. The smallest absolute Gasteiger partial charge is 0.260 e. The summed E-state index contributed by atoms with van der Waals surface area (Å²) in [6.45, 7) is 6.13. The average molecular weight is 302 g/mol. The molecule has 0 aliphatic carbocycles. The van der Waals surface area contributed by atoms with Crippen LogP contribution >= 0.6 is 0 Å². The molecule has 22 heavy (non-hydrogen) atoms. The van der Waals surface area contributed by atoms with E-state index < -0.39 is 0 Å². The molecular formula is C16H22N4O2. The summed E-state index contributed by atoms with van der Waals surface area (Å²) in [4.78, 5) is 25.5. The summed E-state index contributed by atoms with van der Waals surface area (Å²) in [5, 5.41) is 0. The van der Waals surface area contributed by atoms with Crippen LogP contribution in [0.4, 0.5) is 0 Å². The van der Waals surface area contributed by atoms with Crippen LogP contribution in [0.5, 0.6) is 5.75 Å². The lowest BCUT2D eigenvalue weighted by Crippen LogP contribution is -2.26. The molecule has 0 aliphatic rings. The molecule has 0 aliphatic heterocycles. The van der Waals surface area contributed by atoms with Crippen molar-refractivity contribution < 1.29 is 4.74 Å². The Morgan fingerprint density at radius 1 is 1.27 bits per heavy atom. The molecule has 2 heterocycles. The summed E-state index contributed by atoms with van der Waals surface area (Å²) in [6.07, 6.45) is 6.00. The largest absolute Gasteiger partial charge is 0.494 e. The molecule has 6 heteroatoms. The van der Waals surface area contributed by atoms with Crippen LogP contribution in [0.1, 0.15) is 51.0 Å². The molecule has 0 amide bonds. The highest BCUT2D eigenvalue weighted by atomic mass is 16.5. The molecule has 0 fully saturated rings. The fourth-order valence-corrected chi connectivity index (χ4v) is 2.15. The van der Waals surface area contributed by atoms with Crippen LogP contribution in [0.15, 0.2) is 23.3 Å². The standard InChI is InChI=1S/C16H22N4O2/c1-5-6-7-12-8-14(21)20(15(19-12)11(2)3)16-17-9-13(22-4)10-18-16/h8-11H,5-7H2,1-4H3. The zero-order chi connectivity index (χ0) is 16.1. The van der Waals surface area contributed by atoms with Gasteiger partial charge in [0.05, 0.1) is 19.5 Å². The number of aryl methyl sites for hydroxylation is 1. The van der Waals surface area contributed by atoms with Gasteiger partial charge in [-0.05, 0) is 12.8 Å². The normalized spacial score (nSPS) is 11.0. The highest BCUT2D eigenvalue weighted by molar-refractivity contribution is 5.22. The maximum atomic E-state index is 12.5. The lowest BCUT2D eigenvalue weighted by Gasteiger charge is -2.14. The number of unbranched alkanes of at least 4 members (excludes halogenated alkanes) is 1. The zero-order valence-electron chi connectivity index (χ0n) is 13.5. The SMILES string of the molecule is CCCCc1cc(=O)n(-c2ncc(OC)cn2)c(C(C)C)n1. The quantitative estimate of drug-likeness (QED) is 0.820. The zero-order valence-corrected chi connectivity index (χ0v) is 13.5. The van der Waals surface area contributed by atoms with Gasteiger partial charge in [0.1, 0.15) is 5.82 Å². The minimum absolute atomic E-state index is 0.0972. The predicted octanol–water partition coefficient (Wildman–Crippen LogP) is 2.50. The molecule has 0 N–H and O–H groups in total. The van der Waals surface area contributed by atoms with E-state index in [-0.39, 0.29) is 11.5 Å². The summed E-state index contributed by atoms with van der Waals surface area (Å²) in [7, 11) is 1.55. The number of nitrogens with zero attached hydrogens (tertiary/aromatic N) is 4. The van der Waals surface area contributed by atoms with E-state index in [1.807, 2.05) is 13.8 Å². The van der Waals surface area contributed by atoms with Gasteiger partial charge in [-0.25, -0.2) is 19.5 Å².